The number of nitrogens with zero attached hydrogens (tertiary/aromatic N) is 3. The third-order valence-corrected chi connectivity index (χ3v) is 3.72. The smallest absolute Gasteiger partial charge is 0.329 e. The van der Waals surface area contributed by atoms with Crippen LogP contribution in [0, 0.1) is 0 Å². The van der Waals surface area contributed by atoms with Crippen molar-refractivity contribution in [2.45, 2.75) is 19.3 Å². The van der Waals surface area contributed by atoms with Gasteiger partial charge in [-0.3, -0.25) is 9.59 Å². The molecule has 1 aliphatic heterocycles. The molecular formula is C16H13N3O4. The Labute approximate surface area is 131 Å². The third kappa shape index (κ3) is 2.36. The zero-order chi connectivity index (χ0) is 16.6. The maximum atomic E-state index is 12.4. The molecule has 0 saturated carbocycles. The van der Waals surface area contributed by atoms with Gasteiger partial charge in [-0.15, -0.1) is 0 Å². The molecule has 3 rings (SSSR count). The van der Waals surface area contributed by atoms with Crippen LogP contribution in [-0.2, 0) is 15.0 Å². The number of aromatic nitrogens is 2. The summed E-state index contributed by atoms with van der Waals surface area (Å²) in [6.45, 7) is 3.21. The molecular weight excluding hydrogens is 298 g/mol. The molecule has 0 fully saturated rings. The number of carbonyl (C=O) groups is 3. The van der Waals surface area contributed by atoms with E-state index in [0.717, 1.165) is 0 Å². The van der Waals surface area contributed by atoms with Crippen LogP contribution < -0.4 is 0 Å². The van der Waals surface area contributed by atoms with Crippen molar-refractivity contribution in [2.75, 3.05) is 0 Å². The average Bonchev–Trinajstić information content (AvgIpc) is 2.81. The summed E-state index contributed by atoms with van der Waals surface area (Å²) in [5.41, 5.74) is -0.171. The Kier molecular flexibility index (Phi) is 3.40. The molecule has 0 atom stereocenters. The monoisotopic (exact) mass is 311 g/mol. The molecule has 0 N–H and O–H groups in total. The second-order valence-electron chi connectivity index (χ2n) is 5.58. The van der Waals surface area contributed by atoms with Gasteiger partial charge in [0.1, 0.15) is 6.33 Å². The zero-order valence-corrected chi connectivity index (χ0v) is 12.5. The molecule has 7 nitrogen and oxygen atoms in total. The van der Waals surface area contributed by atoms with Gasteiger partial charge < -0.3 is 4.84 Å². The molecule has 0 saturated heterocycles. The largest absolute Gasteiger partial charge is 0.343 e. The van der Waals surface area contributed by atoms with Crippen LogP contribution >= 0.6 is 0 Å². The Morgan fingerprint density at radius 3 is 2.09 bits per heavy atom. The number of rotatable bonds is 3. The van der Waals surface area contributed by atoms with Crippen molar-refractivity contribution >= 4 is 17.8 Å². The average molecular weight is 311 g/mol. The first-order chi connectivity index (χ1) is 10.9. The van der Waals surface area contributed by atoms with Gasteiger partial charge in [0, 0.05) is 18.0 Å². The van der Waals surface area contributed by atoms with Crippen LogP contribution in [0.4, 0.5) is 0 Å². The molecule has 2 amide bonds. The van der Waals surface area contributed by atoms with Gasteiger partial charge in [-0.25, -0.2) is 14.8 Å². The van der Waals surface area contributed by atoms with Crippen LogP contribution in [0.25, 0.3) is 0 Å². The van der Waals surface area contributed by atoms with Crippen molar-refractivity contribution in [1.82, 2.24) is 15.0 Å². The van der Waals surface area contributed by atoms with Gasteiger partial charge in [-0.2, -0.15) is 0 Å². The quantitative estimate of drug-likeness (QED) is 0.798. The molecule has 2 aromatic rings. The highest BCUT2D eigenvalue weighted by Gasteiger charge is 2.42. The van der Waals surface area contributed by atoms with Crippen LogP contribution in [0.3, 0.4) is 0 Å². The fourth-order valence-electron chi connectivity index (χ4n) is 2.19. The number of hydrogen-bond acceptors (Lipinski definition) is 6. The van der Waals surface area contributed by atoms with Gasteiger partial charge in [0.25, 0.3) is 11.8 Å². The van der Waals surface area contributed by atoms with Crippen molar-refractivity contribution < 1.29 is 19.2 Å². The molecule has 0 spiro atoms. The summed E-state index contributed by atoms with van der Waals surface area (Å²) in [5, 5.41) is 0.499. The summed E-state index contributed by atoms with van der Waals surface area (Å²) in [5.74, 6) is -2.06. The molecule has 116 valence electrons. The highest BCUT2D eigenvalue weighted by Crippen LogP contribution is 2.27. The first kappa shape index (κ1) is 14.8. The summed E-state index contributed by atoms with van der Waals surface area (Å²) in [7, 11) is 0. The van der Waals surface area contributed by atoms with Crippen LogP contribution in [0.15, 0.2) is 43.0 Å². The fourth-order valence-corrected chi connectivity index (χ4v) is 2.19. The van der Waals surface area contributed by atoms with E-state index in [1.807, 2.05) is 0 Å². The van der Waals surface area contributed by atoms with Gasteiger partial charge in [0.2, 0.25) is 0 Å². The Morgan fingerprint density at radius 1 is 1.04 bits per heavy atom. The van der Waals surface area contributed by atoms with E-state index in [0.29, 0.717) is 10.6 Å². The van der Waals surface area contributed by atoms with Crippen molar-refractivity contribution in [2.24, 2.45) is 0 Å². The second-order valence-corrected chi connectivity index (χ2v) is 5.58. The van der Waals surface area contributed by atoms with Gasteiger partial charge in [0.05, 0.1) is 16.5 Å². The lowest BCUT2D eigenvalue weighted by molar-refractivity contribution is -0.174. The first-order valence-electron chi connectivity index (χ1n) is 6.88. The summed E-state index contributed by atoms with van der Waals surface area (Å²) in [6.07, 6.45) is 4.31. The molecule has 0 bridgehead atoms. The van der Waals surface area contributed by atoms with Crippen molar-refractivity contribution in [3.8, 4) is 0 Å². The minimum atomic E-state index is -1.11. The number of imide groups is 1. The SMILES string of the molecule is CC(C)(C(=O)ON1C(=O)c2ccccc2C1=O)c1cncnc1. The van der Waals surface area contributed by atoms with E-state index in [-0.39, 0.29) is 11.1 Å². The number of fused-ring (bicyclic) bond motifs is 1. The molecule has 23 heavy (non-hydrogen) atoms. The highest BCUT2D eigenvalue weighted by molar-refractivity contribution is 6.21. The standard InChI is InChI=1S/C16H13N3O4/c1-16(2,10-7-17-9-18-8-10)15(22)23-19-13(20)11-5-3-4-6-12(11)14(19)21/h3-9H,1-2H3. The van der Waals surface area contributed by atoms with Crippen molar-refractivity contribution in [3.63, 3.8) is 0 Å². The van der Waals surface area contributed by atoms with Gasteiger partial charge in [-0.05, 0) is 26.0 Å². The summed E-state index contributed by atoms with van der Waals surface area (Å²) < 4.78 is 0. The minimum absolute atomic E-state index is 0.214. The fraction of sp³-hybridized carbons (Fsp3) is 0.188. The maximum absolute atomic E-state index is 12.4. The predicted molar refractivity (Wildman–Crippen MR) is 78.1 cm³/mol. The predicted octanol–water partition coefficient (Wildman–Crippen LogP) is 1.51. The summed E-state index contributed by atoms with van der Waals surface area (Å²) in [6, 6.07) is 6.31. The Balaban J connectivity index is 1.85. The molecule has 2 heterocycles. The van der Waals surface area contributed by atoms with E-state index >= 15 is 0 Å². The Bertz CT molecular complexity index is 767. The lowest BCUT2D eigenvalue weighted by atomic mass is 9.87. The van der Waals surface area contributed by atoms with E-state index in [9.17, 15) is 14.4 Å². The van der Waals surface area contributed by atoms with E-state index in [1.165, 1.54) is 30.9 Å². The molecule has 0 unspecified atom stereocenters. The number of amides is 2. The molecule has 1 aromatic carbocycles. The molecule has 1 aromatic heterocycles. The maximum Gasteiger partial charge on any atom is 0.343 e. The third-order valence-electron chi connectivity index (χ3n) is 3.72. The van der Waals surface area contributed by atoms with Gasteiger partial charge in [-0.1, -0.05) is 17.2 Å². The van der Waals surface area contributed by atoms with Crippen molar-refractivity contribution in [3.05, 3.63) is 59.7 Å². The minimum Gasteiger partial charge on any atom is -0.329 e. The number of carbonyl (C=O) groups excluding carboxylic acids is 3. The highest BCUT2D eigenvalue weighted by atomic mass is 16.7. The van der Waals surface area contributed by atoms with E-state index in [2.05, 4.69) is 9.97 Å². The van der Waals surface area contributed by atoms with E-state index < -0.39 is 23.2 Å². The van der Waals surface area contributed by atoms with Crippen LogP contribution in [-0.4, -0.2) is 32.8 Å². The van der Waals surface area contributed by atoms with Crippen LogP contribution in [0.2, 0.25) is 0 Å². The topological polar surface area (TPSA) is 89.5 Å². The molecule has 0 radical (unpaired) electrons. The van der Waals surface area contributed by atoms with E-state index in [1.54, 1.807) is 26.0 Å². The van der Waals surface area contributed by atoms with Gasteiger partial charge in [0.15, 0.2) is 0 Å². The lowest BCUT2D eigenvalue weighted by Gasteiger charge is -2.24. The van der Waals surface area contributed by atoms with Crippen LogP contribution in [0.5, 0.6) is 0 Å². The number of benzene rings is 1. The molecule has 0 aliphatic carbocycles. The van der Waals surface area contributed by atoms with E-state index in [4.69, 9.17) is 4.84 Å². The summed E-state index contributed by atoms with van der Waals surface area (Å²) in [4.78, 5) is 49.7. The molecule has 1 aliphatic rings. The Morgan fingerprint density at radius 2 is 1.57 bits per heavy atom. The number of hydroxylamine groups is 2. The van der Waals surface area contributed by atoms with Gasteiger partial charge >= 0.3 is 5.97 Å². The molecule has 7 heteroatoms. The number of hydrogen-bond donors (Lipinski definition) is 0. The zero-order valence-electron chi connectivity index (χ0n) is 12.5. The van der Waals surface area contributed by atoms with Crippen molar-refractivity contribution in [1.29, 1.82) is 0 Å². The Hall–Kier alpha value is -3.09. The van der Waals surface area contributed by atoms with Crippen LogP contribution in [0.1, 0.15) is 40.1 Å². The normalized spacial score (nSPS) is 13.9. The summed E-state index contributed by atoms with van der Waals surface area (Å²) >= 11 is 0. The first-order valence-corrected chi connectivity index (χ1v) is 6.88. The second kappa shape index (κ2) is 5.28. The lowest BCUT2D eigenvalue weighted by Crippen LogP contribution is -2.40.